The fourth-order valence-corrected chi connectivity index (χ4v) is 0.765. The summed E-state index contributed by atoms with van der Waals surface area (Å²) in [6.07, 6.45) is 0.945. The minimum atomic E-state index is -0.0937. The second kappa shape index (κ2) is 6.00. The highest BCUT2D eigenvalue weighted by Crippen LogP contribution is 1.95. The lowest BCUT2D eigenvalue weighted by molar-refractivity contribution is -0.858. The minimum absolute atomic E-state index is 0.00305. The molecule has 0 unspecified atom stereocenters. The van der Waals surface area contributed by atoms with Crippen molar-refractivity contribution in [3.63, 3.8) is 0 Å². The van der Waals surface area contributed by atoms with Crippen molar-refractivity contribution in [2.24, 2.45) is 5.92 Å². The molecule has 0 bridgehead atoms. The molecule has 0 saturated carbocycles. The average Bonchev–Trinajstić information content (AvgIpc) is 1.97. The molecule has 0 atom stereocenters. The summed E-state index contributed by atoms with van der Waals surface area (Å²) in [6.45, 7) is 5.30. The van der Waals surface area contributed by atoms with Gasteiger partial charge in [-0.3, -0.25) is 4.79 Å². The van der Waals surface area contributed by atoms with Gasteiger partial charge in [-0.2, -0.15) is 0 Å². The monoisotopic (exact) mass is 174 g/mol. The Kier molecular flexibility index (Phi) is 5.72. The third-order valence-electron chi connectivity index (χ3n) is 1.54. The molecule has 3 heteroatoms. The predicted molar refractivity (Wildman–Crippen MR) is 48.1 cm³/mol. The summed E-state index contributed by atoms with van der Waals surface area (Å²) < 4.78 is 5.00. The van der Waals surface area contributed by atoms with Gasteiger partial charge in [0.2, 0.25) is 0 Å². The van der Waals surface area contributed by atoms with Gasteiger partial charge >= 0.3 is 5.97 Å². The van der Waals surface area contributed by atoms with E-state index in [1.165, 1.54) is 4.90 Å². The largest absolute Gasteiger partial charge is 0.465 e. The molecule has 0 fully saturated rings. The SMILES string of the molecule is CC(C)C(=O)OCCC[NH+](C)C. The van der Waals surface area contributed by atoms with Crippen LogP contribution in [0.2, 0.25) is 0 Å². The zero-order valence-corrected chi connectivity index (χ0v) is 8.52. The number of ether oxygens (including phenoxy) is 1. The lowest BCUT2D eigenvalue weighted by Gasteiger charge is -2.08. The molecular weight excluding hydrogens is 154 g/mol. The first-order valence-electron chi connectivity index (χ1n) is 4.49. The first-order valence-corrected chi connectivity index (χ1v) is 4.49. The topological polar surface area (TPSA) is 30.7 Å². The van der Waals surface area contributed by atoms with Crippen molar-refractivity contribution in [1.29, 1.82) is 0 Å². The summed E-state index contributed by atoms with van der Waals surface area (Å²) in [7, 11) is 4.18. The van der Waals surface area contributed by atoms with Gasteiger partial charge in [-0.25, -0.2) is 0 Å². The zero-order valence-electron chi connectivity index (χ0n) is 8.52. The van der Waals surface area contributed by atoms with Crippen LogP contribution < -0.4 is 4.90 Å². The van der Waals surface area contributed by atoms with E-state index in [-0.39, 0.29) is 11.9 Å². The van der Waals surface area contributed by atoms with Crippen LogP contribution >= 0.6 is 0 Å². The maximum Gasteiger partial charge on any atom is 0.308 e. The van der Waals surface area contributed by atoms with E-state index in [2.05, 4.69) is 14.1 Å². The second-order valence-corrected chi connectivity index (χ2v) is 3.63. The second-order valence-electron chi connectivity index (χ2n) is 3.63. The van der Waals surface area contributed by atoms with Gasteiger partial charge in [0.25, 0.3) is 0 Å². The third-order valence-corrected chi connectivity index (χ3v) is 1.54. The molecule has 0 aliphatic carbocycles. The average molecular weight is 174 g/mol. The molecule has 0 aromatic rings. The quantitative estimate of drug-likeness (QED) is 0.459. The van der Waals surface area contributed by atoms with Gasteiger partial charge in [0.1, 0.15) is 0 Å². The maximum absolute atomic E-state index is 11.0. The van der Waals surface area contributed by atoms with E-state index in [9.17, 15) is 4.79 Å². The Morgan fingerprint density at radius 1 is 1.42 bits per heavy atom. The Hall–Kier alpha value is -0.570. The smallest absolute Gasteiger partial charge is 0.308 e. The lowest BCUT2D eigenvalue weighted by atomic mass is 10.2. The fraction of sp³-hybridized carbons (Fsp3) is 0.889. The number of rotatable bonds is 5. The number of nitrogens with one attached hydrogen (secondary N) is 1. The molecule has 12 heavy (non-hydrogen) atoms. The Bertz CT molecular complexity index is 132. The lowest BCUT2D eigenvalue weighted by Crippen LogP contribution is -3.05. The molecule has 3 nitrogen and oxygen atoms in total. The summed E-state index contributed by atoms with van der Waals surface area (Å²) >= 11 is 0. The van der Waals surface area contributed by atoms with E-state index >= 15 is 0 Å². The molecule has 0 aromatic carbocycles. The maximum atomic E-state index is 11.0. The Balaban J connectivity index is 3.26. The molecule has 0 saturated heterocycles. The Morgan fingerprint density at radius 2 is 2.00 bits per heavy atom. The molecule has 0 aromatic heterocycles. The van der Waals surface area contributed by atoms with Gasteiger partial charge in [-0.15, -0.1) is 0 Å². The highest BCUT2D eigenvalue weighted by atomic mass is 16.5. The van der Waals surface area contributed by atoms with Gasteiger partial charge in [0.15, 0.2) is 0 Å². The van der Waals surface area contributed by atoms with Crippen LogP contribution in [0.1, 0.15) is 20.3 Å². The van der Waals surface area contributed by atoms with Crippen LogP contribution in [-0.2, 0) is 9.53 Å². The van der Waals surface area contributed by atoms with Crippen LogP contribution in [0.4, 0.5) is 0 Å². The number of carbonyl (C=O) groups is 1. The van der Waals surface area contributed by atoms with Crippen LogP contribution in [0.3, 0.4) is 0 Å². The van der Waals surface area contributed by atoms with Gasteiger partial charge in [-0.1, -0.05) is 13.8 Å². The summed E-state index contributed by atoms with van der Waals surface area (Å²) in [5.74, 6) is -0.0968. The van der Waals surface area contributed by atoms with Crippen molar-refractivity contribution in [1.82, 2.24) is 0 Å². The molecular formula is C9H20NO2+. The van der Waals surface area contributed by atoms with Gasteiger partial charge in [0, 0.05) is 6.42 Å². The molecule has 0 aliphatic rings. The molecule has 1 N–H and O–H groups in total. The van der Waals surface area contributed by atoms with Crippen molar-refractivity contribution in [3.05, 3.63) is 0 Å². The zero-order chi connectivity index (χ0) is 9.56. The number of quaternary nitrogens is 1. The van der Waals surface area contributed by atoms with E-state index < -0.39 is 0 Å². The molecule has 0 heterocycles. The van der Waals surface area contributed by atoms with Crippen molar-refractivity contribution in [3.8, 4) is 0 Å². The highest BCUT2D eigenvalue weighted by Gasteiger charge is 2.07. The van der Waals surface area contributed by atoms with E-state index in [0.29, 0.717) is 6.61 Å². The third kappa shape index (κ3) is 6.16. The van der Waals surface area contributed by atoms with Crippen molar-refractivity contribution >= 4 is 5.97 Å². The van der Waals surface area contributed by atoms with Crippen molar-refractivity contribution < 1.29 is 14.4 Å². The Morgan fingerprint density at radius 3 is 2.42 bits per heavy atom. The van der Waals surface area contributed by atoms with Gasteiger partial charge in [0.05, 0.1) is 33.2 Å². The van der Waals surface area contributed by atoms with Crippen LogP contribution in [-0.4, -0.2) is 33.2 Å². The summed E-state index contributed by atoms with van der Waals surface area (Å²) in [6, 6.07) is 0. The molecule has 0 rings (SSSR count). The summed E-state index contributed by atoms with van der Waals surface area (Å²) in [5.41, 5.74) is 0. The summed E-state index contributed by atoms with van der Waals surface area (Å²) in [4.78, 5) is 12.3. The minimum Gasteiger partial charge on any atom is -0.465 e. The number of esters is 1. The van der Waals surface area contributed by atoms with Crippen molar-refractivity contribution in [2.75, 3.05) is 27.2 Å². The number of hydrogen-bond donors (Lipinski definition) is 1. The number of carbonyl (C=O) groups excluding carboxylic acids is 1. The first kappa shape index (κ1) is 11.4. The molecule has 0 aliphatic heterocycles. The van der Waals surface area contributed by atoms with Crippen LogP contribution in [0.5, 0.6) is 0 Å². The van der Waals surface area contributed by atoms with E-state index in [4.69, 9.17) is 4.74 Å². The number of hydrogen-bond acceptors (Lipinski definition) is 2. The van der Waals surface area contributed by atoms with E-state index in [1.54, 1.807) is 0 Å². The molecule has 72 valence electrons. The Labute approximate surface area is 74.7 Å². The first-order chi connectivity index (χ1) is 5.54. The van der Waals surface area contributed by atoms with Gasteiger partial charge < -0.3 is 9.64 Å². The van der Waals surface area contributed by atoms with E-state index in [1.807, 2.05) is 13.8 Å². The standard InChI is InChI=1S/C9H19NO2/c1-8(2)9(11)12-7-5-6-10(3)4/h8H,5-7H2,1-4H3/p+1. The van der Waals surface area contributed by atoms with Gasteiger partial charge in [-0.05, 0) is 0 Å². The summed E-state index contributed by atoms with van der Waals surface area (Å²) in [5, 5.41) is 0. The van der Waals surface area contributed by atoms with Crippen LogP contribution in [0.25, 0.3) is 0 Å². The van der Waals surface area contributed by atoms with Crippen molar-refractivity contribution in [2.45, 2.75) is 20.3 Å². The molecule has 0 spiro atoms. The molecule has 0 amide bonds. The fourth-order valence-electron chi connectivity index (χ4n) is 0.765. The van der Waals surface area contributed by atoms with E-state index in [0.717, 1.165) is 13.0 Å². The van der Waals surface area contributed by atoms with Crippen LogP contribution in [0, 0.1) is 5.92 Å². The van der Waals surface area contributed by atoms with Crippen LogP contribution in [0.15, 0.2) is 0 Å². The predicted octanol–water partition coefficient (Wildman–Crippen LogP) is -0.280. The normalized spacial score (nSPS) is 10.8. The molecule has 0 radical (unpaired) electrons. The highest BCUT2D eigenvalue weighted by molar-refractivity contribution is 5.71.